The summed E-state index contributed by atoms with van der Waals surface area (Å²) in [5.74, 6) is 0. The second-order valence-electron chi connectivity index (χ2n) is 3.74. The topological polar surface area (TPSA) is 12.9 Å². The first kappa shape index (κ1) is 10.3. The van der Waals surface area contributed by atoms with E-state index in [9.17, 15) is 0 Å². The molecule has 0 aliphatic carbocycles. The van der Waals surface area contributed by atoms with Crippen LogP contribution in [0.25, 0.3) is 0 Å². The highest BCUT2D eigenvalue weighted by Gasteiger charge is 2.16. The van der Waals surface area contributed by atoms with Crippen LogP contribution in [0.2, 0.25) is 5.15 Å². The zero-order valence-electron chi connectivity index (χ0n) is 7.36. The lowest BCUT2D eigenvalue weighted by molar-refractivity contribution is 0.568. The molecule has 0 fully saturated rings. The average Bonchev–Trinajstić information content (AvgIpc) is 1.82. The summed E-state index contributed by atoms with van der Waals surface area (Å²) in [6, 6.07) is 3.92. The maximum Gasteiger partial charge on any atom is 0.130 e. The van der Waals surface area contributed by atoms with Crippen molar-refractivity contribution >= 4 is 34.2 Å². The Morgan fingerprint density at radius 3 is 2.33 bits per heavy atom. The standard InChI is InChI=1S/C9H11ClIN/c1-9(2,3)7-4-6(11)5-8(10)12-7/h4-5H,1-3H3. The van der Waals surface area contributed by atoms with E-state index in [0.29, 0.717) is 5.15 Å². The van der Waals surface area contributed by atoms with Crippen molar-refractivity contribution in [2.45, 2.75) is 26.2 Å². The highest BCUT2D eigenvalue weighted by atomic mass is 127. The minimum atomic E-state index is 0.0742. The highest BCUT2D eigenvalue weighted by Crippen LogP contribution is 2.23. The van der Waals surface area contributed by atoms with Gasteiger partial charge in [0.25, 0.3) is 0 Å². The first-order valence-corrected chi connectivity index (χ1v) is 5.19. The lowest BCUT2D eigenvalue weighted by atomic mass is 9.92. The fraction of sp³-hybridized carbons (Fsp3) is 0.444. The van der Waals surface area contributed by atoms with Crippen molar-refractivity contribution in [2.75, 3.05) is 0 Å². The van der Waals surface area contributed by atoms with Crippen LogP contribution in [0.4, 0.5) is 0 Å². The van der Waals surface area contributed by atoms with Crippen LogP contribution in [-0.4, -0.2) is 4.98 Å². The van der Waals surface area contributed by atoms with E-state index in [2.05, 4.69) is 54.4 Å². The molecule has 1 nitrogen and oxygen atoms in total. The van der Waals surface area contributed by atoms with E-state index in [1.165, 1.54) is 0 Å². The summed E-state index contributed by atoms with van der Waals surface area (Å²) < 4.78 is 1.14. The molecule has 0 aromatic carbocycles. The van der Waals surface area contributed by atoms with Crippen LogP contribution in [0.15, 0.2) is 12.1 Å². The molecule has 0 amide bonds. The lowest BCUT2D eigenvalue weighted by Crippen LogP contribution is -2.13. The van der Waals surface area contributed by atoms with Crippen molar-refractivity contribution in [2.24, 2.45) is 0 Å². The molecule has 66 valence electrons. The largest absolute Gasteiger partial charge is 0.241 e. The van der Waals surface area contributed by atoms with Crippen LogP contribution in [0.5, 0.6) is 0 Å². The molecule has 0 spiro atoms. The molecule has 0 radical (unpaired) electrons. The van der Waals surface area contributed by atoms with Crippen molar-refractivity contribution in [1.82, 2.24) is 4.98 Å². The molecular formula is C9H11ClIN. The van der Waals surface area contributed by atoms with Gasteiger partial charge < -0.3 is 0 Å². The minimum Gasteiger partial charge on any atom is -0.241 e. The molecule has 0 saturated carbocycles. The maximum absolute atomic E-state index is 5.84. The molecule has 0 saturated heterocycles. The van der Waals surface area contributed by atoms with Gasteiger partial charge in [0.2, 0.25) is 0 Å². The molecule has 0 atom stereocenters. The number of halogens is 2. The summed E-state index contributed by atoms with van der Waals surface area (Å²) in [6.45, 7) is 6.38. The Morgan fingerprint density at radius 2 is 1.92 bits per heavy atom. The summed E-state index contributed by atoms with van der Waals surface area (Å²) >= 11 is 8.09. The quantitative estimate of drug-likeness (QED) is 0.526. The Labute approximate surface area is 91.7 Å². The van der Waals surface area contributed by atoms with Gasteiger partial charge in [0.05, 0.1) is 0 Å². The molecule has 1 aromatic heterocycles. The molecular weight excluding hydrogens is 284 g/mol. The van der Waals surface area contributed by atoms with Gasteiger partial charge >= 0.3 is 0 Å². The number of hydrogen-bond acceptors (Lipinski definition) is 1. The van der Waals surface area contributed by atoms with Gasteiger partial charge in [0, 0.05) is 14.7 Å². The number of hydrogen-bond donors (Lipinski definition) is 0. The van der Waals surface area contributed by atoms with E-state index in [1.807, 2.05) is 6.07 Å². The third-order valence-electron chi connectivity index (χ3n) is 1.53. The molecule has 1 rings (SSSR count). The van der Waals surface area contributed by atoms with Gasteiger partial charge in [-0.2, -0.15) is 0 Å². The average molecular weight is 296 g/mol. The summed E-state index contributed by atoms with van der Waals surface area (Å²) in [4.78, 5) is 4.27. The SMILES string of the molecule is CC(C)(C)c1cc(I)cc(Cl)n1. The third-order valence-corrected chi connectivity index (χ3v) is 2.34. The van der Waals surface area contributed by atoms with Crippen LogP contribution in [0.1, 0.15) is 26.5 Å². The predicted molar refractivity (Wildman–Crippen MR) is 60.7 cm³/mol. The zero-order valence-corrected chi connectivity index (χ0v) is 10.3. The Hall–Kier alpha value is 0.170. The van der Waals surface area contributed by atoms with E-state index < -0.39 is 0 Å². The predicted octanol–water partition coefficient (Wildman–Crippen LogP) is 3.64. The number of nitrogens with zero attached hydrogens (tertiary/aromatic N) is 1. The number of pyridine rings is 1. The number of aromatic nitrogens is 1. The van der Waals surface area contributed by atoms with Crippen LogP contribution in [0.3, 0.4) is 0 Å². The maximum atomic E-state index is 5.84. The molecule has 0 aliphatic rings. The van der Waals surface area contributed by atoms with Crippen LogP contribution in [0, 0.1) is 3.57 Å². The Kier molecular flexibility index (Phi) is 2.99. The highest BCUT2D eigenvalue weighted by molar-refractivity contribution is 14.1. The van der Waals surface area contributed by atoms with Crippen LogP contribution in [-0.2, 0) is 5.41 Å². The summed E-state index contributed by atoms with van der Waals surface area (Å²) in [5.41, 5.74) is 1.12. The summed E-state index contributed by atoms with van der Waals surface area (Å²) in [6.07, 6.45) is 0. The van der Waals surface area contributed by atoms with E-state index in [4.69, 9.17) is 11.6 Å². The van der Waals surface area contributed by atoms with Gasteiger partial charge in [0.15, 0.2) is 0 Å². The molecule has 0 bridgehead atoms. The van der Waals surface area contributed by atoms with Crippen molar-refractivity contribution in [3.8, 4) is 0 Å². The fourth-order valence-corrected chi connectivity index (χ4v) is 1.83. The zero-order chi connectivity index (χ0) is 9.35. The van der Waals surface area contributed by atoms with Crippen molar-refractivity contribution in [3.05, 3.63) is 26.5 Å². The molecule has 12 heavy (non-hydrogen) atoms. The van der Waals surface area contributed by atoms with Gasteiger partial charge in [-0.1, -0.05) is 32.4 Å². The number of rotatable bonds is 0. The third kappa shape index (κ3) is 2.59. The Balaban J connectivity index is 3.18. The van der Waals surface area contributed by atoms with Crippen molar-refractivity contribution in [3.63, 3.8) is 0 Å². The molecule has 1 aromatic rings. The minimum absolute atomic E-state index is 0.0742. The van der Waals surface area contributed by atoms with E-state index in [-0.39, 0.29) is 5.41 Å². The first-order chi connectivity index (χ1) is 5.39. The van der Waals surface area contributed by atoms with E-state index in [1.54, 1.807) is 0 Å². The molecule has 0 N–H and O–H groups in total. The molecule has 1 heterocycles. The Bertz CT molecular complexity index is 271. The van der Waals surface area contributed by atoms with E-state index in [0.717, 1.165) is 9.26 Å². The lowest BCUT2D eigenvalue weighted by Gasteiger charge is -2.17. The van der Waals surface area contributed by atoms with Gasteiger partial charge in [0.1, 0.15) is 5.15 Å². The second-order valence-corrected chi connectivity index (χ2v) is 5.38. The van der Waals surface area contributed by atoms with Crippen molar-refractivity contribution in [1.29, 1.82) is 0 Å². The van der Waals surface area contributed by atoms with E-state index >= 15 is 0 Å². The fourth-order valence-electron chi connectivity index (χ4n) is 0.850. The molecule has 0 aliphatic heterocycles. The van der Waals surface area contributed by atoms with Gasteiger partial charge in [-0.15, -0.1) is 0 Å². The van der Waals surface area contributed by atoms with Crippen molar-refractivity contribution < 1.29 is 0 Å². The summed E-state index contributed by atoms with van der Waals surface area (Å²) in [7, 11) is 0. The van der Waals surface area contributed by atoms with Crippen LogP contribution < -0.4 is 0 Å². The van der Waals surface area contributed by atoms with Gasteiger partial charge in [-0.05, 0) is 34.7 Å². The van der Waals surface area contributed by atoms with Gasteiger partial charge in [-0.25, -0.2) is 4.98 Å². The van der Waals surface area contributed by atoms with Gasteiger partial charge in [-0.3, -0.25) is 0 Å². The smallest absolute Gasteiger partial charge is 0.130 e. The first-order valence-electron chi connectivity index (χ1n) is 3.73. The monoisotopic (exact) mass is 295 g/mol. The second kappa shape index (κ2) is 3.50. The van der Waals surface area contributed by atoms with Crippen LogP contribution >= 0.6 is 34.2 Å². The Morgan fingerprint density at radius 1 is 1.33 bits per heavy atom. The molecule has 3 heteroatoms. The molecule has 0 unspecified atom stereocenters. The summed E-state index contributed by atoms with van der Waals surface area (Å²) in [5, 5.41) is 0.576. The normalized spacial score (nSPS) is 11.8.